The Morgan fingerprint density at radius 2 is 1.93 bits per heavy atom. The van der Waals surface area contributed by atoms with Gasteiger partial charge >= 0.3 is 6.03 Å². The molecule has 0 aliphatic heterocycles. The first-order valence-electron chi connectivity index (χ1n) is 5.51. The van der Waals surface area contributed by atoms with E-state index in [1.54, 1.807) is 12.0 Å². The zero-order valence-electron chi connectivity index (χ0n) is 10.5. The molecule has 2 amide bonds. The molecule has 0 aromatic rings. The highest BCUT2D eigenvalue weighted by atomic mass is 16.5. The van der Waals surface area contributed by atoms with Crippen molar-refractivity contribution in [3.63, 3.8) is 0 Å². The second kappa shape index (κ2) is 7.51. The van der Waals surface area contributed by atoms with Crippen molar-refractivity contribution < 1.29 is 9.53 Å². The predicted molar refractivity (Wildman–Crippen MR) is 62.0 cm³/mol. The molecule has 0 radical (unpaired) electrons. The van der Waals surface area contributed by atoms with Gasteiger partial charge in [0.2, 0.25) is 0 Å². The summed E-state index contributed by atoms with van der Waals surface area (Å²) in [4.78, 5) is 13.6. The van der Waals surface area contributed by atoms with Crippen LogP contribution in [0.3, 0.4) is 0 Å². The molecule has 90 valence electrons. The van der Waals surface area contributed by atoms with Crippen molar-refractivity contribution in [2.45, 2.75) is 33.7 Å². The largest absolute Gasteiger partial charge is 0.383 e. The Labute approximate surface area is 93.0 Å². The molecule has 0 fully saturated rings. The maximum absolute atomic E-state index is 11.8. The van der Waals surface area contributed by atoms with Gasteiger partial charge in [-0.25, -0.2) is 4.79 Å². The number of methoxy groups -OCH3 is 1. The smallest absolute Gasteiger partial charge is 0.317 e. The van der Waals surface area contributed by atoms with Crippen molar-refractivity contribution in [3.8, 4) is 0 Å². The third kappa shape index (κ3) is 7.19. The molecule has 0 unspecified atom stereocenters. The summed E-state index contributed by atoms with van der Waals surface area (Å²) in [6.45, 7) is 10.1. The van der Waals surface area contributed by atoms with Crippen molar-refractivity contribution in [2.24, 2.45) is 5.92 Å². The lowest BCUT2D eigenvalue weighted by Gasteiger charge is -2.25. The van der Waals surface area contributed by atoms with Gasteiger partial charge in [0.1, 0.15) is 0 Å². The molecule has 0 heterocycles. The molecule has 15 heavy (non-hydrogen) atoms. The minimum atomic E-state index is -0.00394. The van der Waals surface area contributed by atoms with Crippen LogP contribution in [-0.4, -0.2) is 43.8 Å². The minimum absolute atomic E-state index is 0.00394. The maximum atomic E-state index is 11.8. The lowest BCUT2D eigenvalue weighted by molar-refractivity contribution is 0.142. The molecule has 4 heteroatoms. The number of nitrogens with one attached hydrogen (secondary N) is 1. The van der Waals surface area contributed by atoms with Crippen LogP contribution in [-0.2, 0) is 4.74 Å². The molecule has 0 atom stereocenters. The van der Waals surface area contributed by atoms with E-state index >= 15 is 0 Å². The van der Waals surface area contributed by atoms with E-state index in [0.29, 0.717) is 19.1 Å². The Morgan fingerprint density at radius 1 is 1.33 bits per heavy atom. The fourth-order valence-electron chi connectivity index (χ4n) is 1.26. The van der Waals surface area contributed by atoms with Crippen molar-refractivity contribution in [2.75, 3.05) is 26.8 Å². The van der Waals surface area contributed by atoms with Gasteiger partial charge in [0.25, 0.3) is 0 Å². The summed E-state index contributed by atoms with van der Waals surface area (Å²) in [6.07, 6.45) is 0. The van der Waals surface area contributed by atoms with Gasteiger partial charge in [-0.05, 0) is 19.8 Å². The van der Waals surface area contributed by atoms with Crippen LogP contribution in [0.4, 0.5) is 4.79 Å². The zero-order chi connectivity index (χ0) is 11.8. The van der Waals surface area contributed by atoms with Gasteiger partial charge in [-0.1, -0.05) is 13.8 Å². The lowest BCUT2D eigenvalue weighted by Crippen LogP contribution is -2.45. The first-order valence-corrected chi connectivity index (χ1v) is 5.51. The molecule has 0 saturated heterocycles. The summed E-state index contributed by atoms with van der Waals surface area (Å²) in [5.74, 6) is 0.472. The van der Waals surface area contributed by atoms with Crippen LogP contribution < -0.4 is 5.32 Å². The Hall–Kier alpha value is -0.770. The summed E-state index contributed by atoms with van der Waals surface area (Å²) in [5, 5.41) is 2.89. The van der Waals surface area contributed by atoms with Gasteiger partial charge in [-0.15, -0.1) is 0 Å². The van der Waals surface area contributed by atoms with E-state index in [9.17, 15) is 4.79 Å². The van der Waals surface area contributed by atoms with Crippen molar-refractivity contribution >= 4 is 6.03 Å². The molecule has 4 nitrogen and oxygen atoms in total. The number of ether oxygens (including phenoxy) is 1. The molecular weight excluding hydrogens is 192 g/mol. The van der Waals surface area contributed by atoms with Gasteiger partial charge in [0, 0.05) is 26.2 Å². The molecule has 0 rings (SSSR count). The number of hydrogen-bond acceptors (Lipinski definition) is 2. The third-order valence-electron chi connectivity index (χ3n) is 1.85. The Balaban J connectivity index is 4.14. The predicted octanol–water partition coefficient (Wildman–Crippen LogP) is 1.71. The molecule has 0 aliphatic carbocycles. The molecule has 1 N–H and O–H groups in total. The number of rotatable bonds is 6. The molecule has 0 aromatic heterocycles. The summed E-state index contributed by atoms with van der Waals surface area (Å²) >= 11 is 0. The maximum Gasteiger partial charge on any atom is 0.317 e. The van der Waals surface area contributed by atoms with Crippen molar-refractivity contribution in [1.29, 1.82) is 0 Å². The highest BCUT2D eigenvalue weighted by Gasteiger charge is 2.14. The Kier molecular flexibility index (Phi) is 7.13. The van der Waals surface area contributed by atoms with E-state index in [1.807, 2.05) is 13.8 Å². The van der Waals surface area contributed by atoms with E-state index in [2.05, 4.69) is 19.2 Å². The van der Waals surface area contributed by atoms with E-state index < -0.39 is 0 Å². The molecule has 0 aromatic carbocycles. The van der Waals surface area contributed by atoms with Gasteiger partial charge in [-0.3, -0.25) is 0 Å². The van der Waals surface area contributed by atoms with Crippen LogP contribution in [0.5, 0.6) is 0 Å². The van der Waals surface area contributed by atoms with Crippen LogP contribution >= 0.6 is 0 Å². The topological polar surface area (TPSA) is 41.6 Å². The van der Waals surface area contributed by atoms with Gasteiger partial charge < -0.3 is 15.0 Å². The second-order valence-corrected chi connectivity index (χ2v) is 4.44. The highest BCUT2D eigenvalue weighted by Crippen LogP contribution is 1.99. The van der Waals surface area contributed by atoms with Crippen molar-refractivity contribution in [1.82, 2.24) is 10.2 Å². The summed E-state index contributed by atoms with van der Waals surface area (Å²) in [6, 6.07) is 0.172. The monoisotopic (exact) mass is 216 g/mol. The molecule has 0 bridgehead atoms. The Bertz CT molecular complexity index is 181. The average Bonchev–Trinajstić information content (AvgIpc) is 2.10. The fourth-order valence-corrected chi connectivity index (χ4v) is 1.26. The highest BCUT2D eigenvalue weighted by molar-refractivity contribution is 5.74. The quantitative estimate of drug-likeness (QED) is 0.734. The van der Waals surface area contributed by atoms with E-state index in [4.69, 9.17) is 4.74 Å². The summed E-state index contributed by atoms with van der Waals surface area (Å²) in [7, 11) is 1.65. The van der Waals surface area contributed by atoms with Crippen LogP contribution in [0.25, 0.3) is 0 Å². The van der Waals surface area contributed by atoms with Gasteiger partial charge in [-0.2, -0.15) is 0 Å². The van der Waals surface area contributed by atoms with Crippen molar-refractivity contribution in [3.05, 3.63) is 0 Å². The molecule has 0 spiro atoms. The number of carbonyl (C=O) groups excluding carboxylic acids is 1. The average molecular weight is 216 g/mol. The van der Waals surface area contributed by atoms with Crippen LogP contribution in [0.1, 0.15) is 27.7 Å². The van der Waals surface area contributed by atoms with Crippen LogP contribution in [0.15, 0.2) is 0 Å². The Morgan fingerprint density at radius 3 is 2.33 bits per heavy atom. The third-order valence-corrected chi connectivity index (χ3v) is 1.85. The number of nitrogens with zero attached hydrogens (tertiary/aromatic N) is 1. The second-order valence-electron chi connectivity index (χ2n) is 4.44. The summed E-state index contributed by atoms with van der Waals surface area (Å²) < 4.78 is 4.99. The van der Waals surface area contributed by atoms with Crippen LogP contribution in [0.2, 0.25) is 0 Å². The van der Waals surface area contributed by atoms with E-state index in [1.165, 1.54) is 0 Å². The zero-order valence-corrected chi connectivity index (χ0v) is 10.5. The fraction of sp³-hybridized carbons (Fsp3) is 0.909. The summed E-state index contributed by atoms with van der Waals surface area (Å²) in [5.41, 5.74) is 0. The van der Waals surface area contributed by atoms with Crippen LogP contribution in [0, 0.1) is 5.92 Å². The van der Waals surface area contributed by atoms with E-state index in [0.717, 1.165) is 6.54 Å². The minimum Gasteiger partial charge on any atom is -0.383 e. The number of hydrogen-bond donors (Lipinski definition) is 1. The number of urea groups is 1. The SMILES string of the molecule is COCCN(CC(C)C)C(=O)NC(C)C. The van der Waals surface area contributed by atoms with Gasteiger partial charge in [0.05, 0.1) is 6.61 Å². The van der Waals surface area contributed by atoms with Gasteiger partial charge in [0.15, 0.2) is 0 Å². The molecular formula is C11H24N2O2. The first kappa shape index (κ1) is 14.2. The molecule has 0 saturated carbocycles. The normalized spacial score (nSPS) is 10.9. The number of amides is 2. The standard InChI is InChI=1S/C11H24N2O2/c1-9(2)8-13(6-7-15-5)11(14)12-10(3)4/h9-10H,6-8H2,1-5H3,(H,12,14). The lowest BCUT2D eigenvalue weighted by atomic mass is 10.2. The van der Waals surface area contributed by atoms with E-state index in [-0.39, 0.29) is 12.1 Å². The molecule has 0 aliphatic rings. The number of carbonyl (C=O) groups is 1. The first-order chi connectivity index (χ1) is 6.97.